The first-order valence-electron chi connectivity index (χ1n) is 8.65. The highest BCUT2D eigenvalue weighted by atomic mass is 35.5. The van der Waals surface area contributed by atoms with Gasteiger partial charge in [0.25, 0.3) is 5.91 Å². The third-order valence-electron chi connectivity index (χ3n) is 4.72. The van der Waals surface area contributed by atoms with E-state index in [1.165, 1.54) is 4.90 Å². The molecule has 1 saturated heterocycles. The first-order valence-corrected chi connectivity index (χ1v) is 9.03. The van der Waals surface area contributed by atoms with Crippen molar-refractivity contribution in [2.45, 2.75) is 19.1 Å². The molecule has 0 bridgehead atoms. The summed E-state index contributed by atoms with van der Waals surface area (Å²) < 4.78 is 1.80. The number of pyridine rings is 1. The summed E-state index contributed by atoms with van der Waals surface area (Å²) >= 11 is 6.14. The number of anilines is 1. The van der Waals surface area contributed by atoms with Crippen molar-refractivity contribution >= 4 is 28.7 Å². The number of benzene rings is 1. The minimum absolute atomic E-state index is 0.248. The number of para-hydroxylation sites is 1. The van der Waals surface area contributed by atoms with Crippen LogP contribution in [-0.4, -0.2) is 39.6 Å². The van der Waals surface area contributed by atoms with Gasteiger partial charge in [-0.05, 0) is 24.3 Å². The van der Waals surface area contributed by atoms with Crippen molar-refractivity contribution in [1.82, 2.24) is 9.38 Å². The number of rotatable bonds is 4. The molecule has 2 unspecified atom stereocenters. The van der Waals surface area contributed by atoms with Crippen molar-refractivity contribution in [3.8, 4) is 0 Å². The van der Waals surface area contributed by atoms with E-state index in [1.807, 2.05) is 36.5 Å². The van der Waals surface area contributed by atoms with Crippen LogP contribution in [0.3, 0.4) is 0 Å². The second kappa shape index (κ2) is 7.07. The molecule has 3 heterocycles. The molecule has 0 radical (unpaired) electrons. The fourth-order valence-corrected chi connectivity index (χ4v) is 3.62. The average molecular weight is 372 g/mol. The number of hydrogen-bond acceptors (Lipinski definition) is 3. The molecule has 6 nitrogen and oxygen atoms in total. The predicted octanol–water partition coefficient (Wildman–Crippen LogP) is 1.39. The molecule has 26 heavy (non-hydrogen) atoms. The molecule has 1 amide bonds. The summed E-state index contributed by atoms with van der Waals surface area (Å²) in [5.74, 6) is 0.0247. The lowest BCUT2D eigenvalue weighted by Crippen LogP contribution is -3.09. The predicted molar refractivity (Wildman–Crippen MR) is 99.6 cm³/mol. The molecule has 0 aliphatic carbocycles. The van der Waals surface area contributed by atoms with E-state index >= 15 is 0 Å². The van der Waals surface area contributed by atoms with Crippen LogP contribution in [0.1, 0.15) is 22.7 Å². The fraction of sp³-hybridized carbons (Fsp3) is 0.263. The number of likely N-dealkylation sites (tertiary alicyclic amines) is 1. The van der Waals surface area contributed by atoms with Gasteiger partial charge in [-0.15, -0.1) is 0 Å². The maximum absolute atomic E-state index is 12.8. The number of quaternary nitrogens is 1. The van der Waals surface area contributed by atoms with Crippen molar-refractivity contribution in [2.75, 3.05) is 18.4 Å². The molecule has 3 aromatic rings. The van der Waals surface area contributed by atoms with Gasteiger partial charge in [-0.2, -0.15) is 0 Å². The summed E-state index contributed by atoms with van der Waals surface area (Å²) in [6.07, 6.45) is 2.39. The van der Waals surface area contributed by atoms with E-state index in [1.54, 1.807) is 16.5 Å². The number of nitrogens with zero attached hydrogens (tertiary/aromatic N) is 2. The zero-order valence-electron chi connectivity index (χ0n) is 14.2. The molecule has 4 rings (SSSR count). The van der Waals surface area contributed by atoms with Gasteiger partial charge in [-0.25, -0.2) is 4.98 Å². The van der Waals surface area contributed by atoms with E-state index < -0.39 is 0 Å². The van der Waals surface area contributed by atoms with Crippen LogP contribution in [0, 0.1) is 0 Å². The molecule has 2 aromatic heterocycles. The van der Waals surface area contributed by atoms with Crippen LogP contribution in [-0.2, 0) is 6.54 Å². The first kappa shape index (κ1) is 17.0. The summed E-state index contributed by atoms with van der Waals surface area (Å²) in [7, 11) is 0. The standard InChI is InChI=1S/C19H19ClN4O2/c20-14-5-1-2-6-15(14)22-19(26)18-21-16(12-23-10-8-13(25)11-23)17-7-3-4-9-24(17)18/h1-7,9,13,25H,8,10-12H2,(H,22,26)/p+1. The van der Waals surface area contributed by atoms with Crippen LogP contribution >= 0.6 is 11.6 Å². The third kappa shape index (κ3) is 3.31. The number of hydrogen-bond donors (Lipinski definition) is 3. The summed E-state index contributed by atoms with van der Waals surface area (Å²) in [5, 5.41) is 13.1. The number of fused-ring (bicyclic) bond motifs is 1. The zero-order valence-corrected chi connectivity index (χ0v) is 14.9. The lowest BCUT2D eigenvalue weighted by atomic mass is 10.3. The summed E-state index contributed by atoms with van der Waals surface area (Å²) in [4.78, 5) is 18.7. The fourth-order valence-electron chi connectivity index (χ4n) is 3.44. The van der Waals surface area contributed by atoms with Gasteiger partial charge in [-0.3, -0.25) is 9.20 Å². The van der Waals surface area contributed by atoms with Crippen LogP contribution in [0.15, 0.2) is 48.7 Å². The molecule has 134 valence electrons. The number of imidazole rings is 1. The highest BCUT2D eigenvalue weighted by molar-refractivity contribution is 6.33. The summed E-state index contributed by atoms with van der Waals surface area (Å²) in [6.45, 7) is 2.31. The largest absolute Gasteiger partial charge is 0.387 e. The Kier molecular flexibility index (Phi) is 4.63. The Morgan fingerprint density at radius 2 is 2.12 bits per heavy atom. The van der Waals surface area contributed by atoms with Gasteiger partial charge < -0.3 is 15.3 Å². The van der Waals surface area contributed by atoms with Crippen LogP contribution < -0.4 is 10.2 Å². The highest BCUT2D eigenvalue weighted by Gasteiger charge is 2.27. The van der Waals surface area contributed by atoms with Gasteiger partial charge in [0.2, 0.25) is 5.82 Å². The van der Waals surface area contributed by atoms with Crippen molar-refractivity contribution in [2.24, 2.45) is 0 Å². The molecule has 1 aliphatic rings. The summed E-state index contributed by atoms with van der Waals surface area (Å²) in [5.41, 5.74) is 2.33. The number of aliphatic hydroxyl groups excluding tert-OH is 1. The molecular weight excluding hydrogens is 352 g/mol. The summed E-state index contributed by atoms with van der Waals surface area (Å²) in [6, 6.07) is 12.9. The Hall–Kier alpha value is -2.41. The monoisotopic (exact) mass is 371 g/mol. The number of aliphatic hydroxyl groups is 1. The van der Waals surface area contributed by atoms with Gasteiger partial charge in [0.05, 0.1) is 22.8 Å². The Morgan fingerprint density at radius 3 is 2.88 bits per heavy atom. The van der Waals surface area contributed by atoms with Crippen molar-refractivity contribution in [1.29, 1.82) is 0 Å². The molecule has 3 N–H and O–H groups in total. The van der Waals surface area contributed by atoms with Gasteiger partial charge in [-0.1, -0.05) is 29.8 Å². The van der Waals surface area contributed by atoms with E-state index in [2.05, 4.69) is 10.3 Å². The van der Waals surface area contributed by atoms with Crippen LogP contribution in [0.25, 0.3) is 5.52 Å². The van der Waals surface area contributed by atoms with Gasteiger partial charge in [0, 0.05) is 12.6 Å². The molecule has 1 aliphatic heterocycles. The maximum Gasteiger partial charge on any atom is 0.292 e. The van der Waals surface area contributed by atoms with Gasteiger partial charge in [0.15, 0.2) is 0 Å². The quantitative estimate of drug-likeness (QED) is 0.649. The lowest BCUT2D eigenvalue weighted by Gasteiger charge is -2.10. The second-order valence-corrected chi connectivity index (χ2v) is 7.00. The number of nitrogens with one attached hydrogen (secondary N) is 2. The topological polar surface area (TPSA) is 71.1 Å². The van der Waals surface area contributed by atoms with Crippen LogP contribution in [0.4, 0.5) is 5.69 Å². The number of aromatic nitrogens is 2. The van der Waals surface area contributed by atoms with Crippen LogP contribution in [0.5, 0.6) is 0 Å². The van der Waals surface area contributed by atoms with E-state index in [0.717, 1.165) is 24.2 Å². The third-order valence-corrected chi connectivity index (χ3v) is 5.05. The number of carbonyl (C=O) groups is 1. The number of halogens is 1. The van der Waals surface area contributed by atoms with Gasteiger partial charge >= 0.3 is 0 Å². The van der Waals surface area contributed by atoms with E-state index in [9.17, 15) is 9.90 Å². The number of carbonyl (C=O) groups excluding carboxylic acids is 1. The Labute approximate surface area is 156 Å². The van der Waals surface area contributed by atoms with Gasteiger partial charge in [0.1, 0.15) is 24.9 Å². The number of amides is 1. The molecule has 0 saturated carbocycles. The molecule has 0 spiro atoms. The van der Waals surface area contributed by atoms with Crippen molar-refractivity contribution in [3.05, 3.63) is 65.2 Å². The Morgan fingerprint density at radius 1 is 1.31 bits per heavy atom. The van der Waals surface area contributed by atoms with E-state index in [4.69, 9.17) is 11.6 Å². The highest BCUT2D eigenvalue weighted by Crippen LogP contribution is 2.21. The first-order chi connectivity index (χ1) is 12.6. The maximum atomic E-state index is 12.8. The second-order valence-electron chi connectivity index (χ2n) is 6.60. The lowest BCUT2D eigenvalue weighted by molar-refractivity contribution is -0.902. The molecule has 1 aromatic carbocycles. The molecule has 7 heteroatoms. The normalized spacial score (nSPS) is 19.8. The zero-order chi connectivity index (χ0) is 18.1. The smallest absolute Gasteiger partial charge is 0.292 e. The Balaban J connectivity index is 1.64. The minimum Gasteiger partial charge on any atom is -0.387 e. The Bertz CT molecular complexity index is 956. The van der Waals surface area contributed by atoms with E-state index in [0.29, 0.717) is 29.6 Å². The average Bonchev–Trinajstić information content (AvgIpc) is 3.21. The molecule has 1 fully saturated rings. The minimum atomic E-state index is -0.304. The van der Waals surface area contributed by atoms with Crippen molar-refractivity contribution in [3.63, 3.8) is 0 Å². The SMILES string of the molecule is O=C(Nc1ccccc1Cl)c1nc(C[NH+]2CCC(O)C2)c2ccccn12. The molecular formula is C19H20ClN4O2+. The van der Waals surface area contributed by atoms with Crippen LogP contribution in [0.2, 0.25) is 5.02 Å². The van der Waals surface area contributed by atoms with Crippen molar-refractivity contribution < 1.29 is 14.8 Å². The van der Waals surface area contributed by atoms with E-state index in [-0.39, 0.29) is 12.0 Å². The molecule has 2 atom stereocenters.